The van der Waals surface area contributed by atoms with E-state index in [4.69, 9.17) is 33.7 Å². The monoisotopic (exact) mass is 784 g/mol. The predicted molar refractivity (Wildman–Crippen MR) is 201 cm³/mol. The number of nitrogens with zero attached hydrogens (tertiary/aromatic N) is 1. The van der Waals surface area contributed by atoms with Crippen molar-refractivity contribution in [3.05, 3.63) is 29.8 Å². The normalized spacial score (nSPS) is 15.9. The highest BCUT2D eigenvalue weighted by molar-refractivity contribution is 6.18. The number of esters is 1. The van der Waals surface area contributed by atoms with E-state index < -0.39 is 84.6 Å². The summed E-state index contributed by atoms with van der Waals surface area (Å²) in [5.74, 6) is -3.98. The molecule has 53 heavy (non-hydrogen) atoms. The summed E-state index contributed by atoms with van der Waals surface area (Å²) in [5, 5.41) is 16.0. The Bertz CT molecular complexity index is 1370. The van der Waals surface area contributed by atoms with E-state index in [1.54, 1.807) is 13.8 Å². The molecule has 16 nitrogen and oxygen atoms in total. The molecule has 0 bridgehead atoms. The Kier molecular flexibility index (Phi) is 20.6. The Morgan fingerprint density at radius 3 is 2.11 bits per heavy atom. The van der Waals surface area contributed by atoms with E-state index in [0.29, 0.717) is 49.8 Å². The maximum atomic E-state index is 13.7. The summed E-state index contributed by atoms with van der Waals surface area (Å²) in [7, 11) is 0. The van der Waals surface area contributed by atoms with Gasteiger partial charge in [0.05, 0.1) is 19.2 Å². The average molecular weight is 786 g/mol. The number of primary amides is 1. The number of nitrogens with one attached hydrogen (secondary N) is 6. The number of nitrogens with two attached hydrogens (primary N) is 1. The first-order chi connectivity index (χ1) is 25.3. The van der Waals surface area contributed by atoms with Crippen LogP contribution in [0.25, 0.3) is 0 Å². The van der Waals surface area contributed by atoms with Crippen LogP contribution in [0.1, 0.15) is 58.4 Å². The molecule has 8 N–H and O–H groups in total. The molecule has 1 aliphatic rings. The Hall–Kier alpha value is -4.15. The number of hydrogen-bond donors (Lipinski definition) is 7. The zero-order valence-corrected chi connectivity index (χ0v) is 32.2. The molecule has 2 rings (SSSR count). The lowest BCUT2D eigenvalue weighted by Crippen LogP contribution is -2.58. The van der Waals surface area contributed by atoms with Crippen LogP contribution in [0, 0.1) is 5.92 Å². The molecule has 0 unspecified atom stereocenters. The standard InChI is InChI=1S/C35H54Cl2N8O8/c1-4-22(3)31(44-29(47)20-40-32(49)26(12-13-28(38)46)42-34(51)25-7-6-16-39-25)35(52)43-27(33(50)41-21-30(48)53-5-2)19-23-8-10-24(11-9-23)45(17-14-36)18-15-37/h8-11,22,25-27,31,39H,4-7,12-21H2,1-3H3,(H2,38,46)(H,40,49)(H,41,50)(H,42,51)(H,43,52)(H,44,47)/t22-,25-,26-,27+,31-/m0/s1. The summed E-state index contributed by atoms with van der Waals surface area (Å²) in [5.41, 5.74) is 6.84. The fourth-order valence-electron chi connectivity index (χ4n) is 5.57. The number of ether oxygens (including phenoxy) is 1. The SMILES string of the molecule is CCOC(=O)CNC(=O)[C@@H](Cc1ccc(N(CCCl)CCCl)cc1)NC(=O)[C@@H](NC(=O)CNC(=O)[C@H](CCC(N)=O)NC(=O)[C@@H]1CCCN1)[C@@H](C)CC. The van der Waals surface area contributed by atoms with Crippen molar-refractivity contribution in [2.45, 2.75) is 83.5 Å². The van der Waals surface area contributed by atoms with Crippen LogP contribution >= 0.6 is 23.2 Å². The molecule has 0 spiro atoms. The van der Waals surface area contributed by atoms with Crippen LogP contribution in [-0.2, 0) is 44.7 Å². The molecule has 1 heterocycles. The van der Waals surface area contributed by atoms with Gasteiger partial charge in [-0.2, -0.15) is 0 Å². The third kappa shape index (κ3) is 16.2. The van der Waals surface area contributed by atoms with Gasteiger partial charge in [-0.25, -0.2) is 0 Å². The van der Waals surface area contributed by atoms with E-state index in [-0.39, 0.29) is 25.9 Å². The first kappa shape index (κ1) is 45.0. The maximum Gasteiger partial charge on any atom is 0.325 e. The van der Waals surface area contributed by atoms with E-state index in [2.05, 4.69) is 31.9 Å². The summed E-state index contributed by atoms with van der Waals surface area (Å²) in [6.45, 7) is 6.22. The number of rotatable bonds is 24. The minimum absolute atomic E-state index is 0.0533. The molecule has 6 amide bonds. The summed E-state index contributed by atoms with van der Waals surface area (Å²) < 4.78 is 4.91. The van der Waals surface area contributed by atoms with Crippen LogP contribution < -0.4 is 42.5 Å². The molecular formula is C35H54Cl2N8O8. The van der Waals surface area contributed by atoms with E-state index in [1.807, 2.05) is 36.1 Å². The molecule has 0 saturated carbocycles. The molecular weight excluding hydrogens is 731 g/mol. The molecule has 18 heteroatoms. The molecule has 0 aromatic heterocycles. The first-order valence-corrected chi connectivity index (χ1v) is 19.0. The van der Waals surface area contributed by atoms with Gasteiger partial charge in [-0.3, -0.25) is 33.6 Å². The molecule has 1 aromatic carbocycles. The van der Waals surface area contributed by atoms with Crippen molar-refractivity contribution in [3.63, 3.8) is 0 Å². The van der Waals surface area contributed by atoms with Gasteiger partial charge in [-0.1, -0.05) is 32.4 Å². The first-order valence-electron chi connectivity index (χ1n) is 17.9. The Balaban J connectivity index is 2.17. The van der Waals surface area contributed by atoms with Crippen molar-refractivity contribution in [1.29, 1.82) is 0 Å². The van der Waals surface area contributed by atoms with Crippen LogP contribution in [0.4, 0.5) is 5.69 Å². The van der Waals surface area contributed by atoms with Gasteiger partial charge in [0.2, 0.25) is 35.4 Å². The van der Waals surface area contributed by atoms with E-state index in [0.717, 1.165) is 12.1 Å². The molecule has 296 valence electrons. The highest BCUT2D eigenvalue weighted by atomic mass is 35.5. The third-order valence-electron chi connectivity index (χ3n) is 8.72. The molecule has 0 aliphatic carbocycles. The zero-order valence-electron chi connectivity index (χ0n) is 30.6. The highest BCUT2D eigenvalue weighted by Crippen LogP contribution is 2.17. The summed E-state index contributed by atoms with van der Waals surface area (Å²) in [6.07, 6.45) is 1.69. The van der Waals surface area contributed by atoms with E-state index >= 15 is 0 Å². The second kappa shape index (κ2) is 24.2. The topological polar surface area (TPSA) is 230 Å². The van der Waals surface area contributed by atoms with Gasteiger partial charge in [-0.15, -0.1) is 23.2 Å². The van der Waals surface area contributed by atoms with Crippen molar-refractivity contribution in [2.24, 2.45) is 11.7 Å². The number of benzene rings is 1. The van der Waals surface area contributed by atoms with Crippen molar-refractivity contribution < 1.29 is 38.3 Å². The summed E-state index contributed by atoms with van der Waals surface area (Å²) in [4.78, 5) is 91.3. The number of alkyl halides is 2. The third-order valence-corrected chi connectivity index (χ3v) is 9.06. The second-order valence-electron chi connectivity index (χ2n) is 12.7. The predicted octanol–water partition coefficient (Wildman–Crippen LogP) is -0.173. The maximum absolute atomic E-state index is 13.7. The lowest BCUT2D eigenvalue weighted by Gasteiger charge is -2.27. The van der Waals surface area contributed by atoms with Crippen LogP contribution in [0.15, 0.2) is 24.3 Å². The quantitative estimate of drug-likeness (QED) is 0.0541. The number of amides is 6. The summed E-state index contributed by atoms with van der Waals surface area (Å²) >= 11 is 11.9. The van der Waals surface area contributed by atoms with Gasteiger partial charge in [-0.05, 0) is 56.3 Å². The van der Waals surface area contributed by atoms with Crippen molar-refractivity contribution >= 4 is 70.3 Å². The smallest absolute Gasteiger partial charge is 0.325 e. The minimum atomic E-state index is -1.14. The number of carbonyl (C=O) groups excluding carboxylic acids is 7. The number of carbonyl (C=O) groups is 7. The van der Waals surface area contributed by atoms with Gasteiger partial charge in [0, 0.05) is 43.4 Å². The number of anilines is 1. The Labute approximate surface area is 320 Å². The van der Waals surface area contributed by atoms with Crippen LogP contribution in [0.3, 0.4) is 0 Å². The van der Waals surface area contributed by atoms with E-state index in [9.17, 15) is 33.6 Å². The van der Waals surface area contributed by atoms with Gasteiger partial charge < -0.3 is 47.3 Å². The van der Waals surface area contributed by atoms with Crippen molar-refractivity contribution in [3.8, 4) is 0 Å². The molecule has 1 aliphatic heterocycles. The fraction of sp³-hybridized carbons (Fsp3) is 0.629. The zero-order chi connectivity index (χ0) is 39.3. The van der Waals surface area contributed by atoms with Crippen molar-refractivity contribution in [2.75, 3.05) is 56.0 Å². The number of hydrogen-bond acceptors (Lipinski definition) is 10. The van der Waals surface area contributed by atoms with Gasteiger partial charge in [0.25, 0.3) is 0 Å². The minimum Gasteiger partial charge on any atom is -0.465 e. The van der Waals surface area contributed by atoms with Crippen LogP contribution in [0.2, 0.25) is 0 Å². The fourth-order valence-corrected chi connectivity index (χ4v) is 5.98. The Morgan fingerprint density at radius 1 is 0.906 bits per heavy atom. The van der Waals surface area contributed by atoms with Gasteiger partial charge in [0.15, 0.2) is 0 Å². The largest absolute Gasteiger partial charge is 0.465 e. The summed E-state index contributed by atoms with van der Waals surface area (Å²) in [6, 6.07) is 3.49. The van der Waals surface area contributed by atoms with Crippen LogP contribution in [-0.4, -0.2) is 117 Å². The lowest BCUT2D eigenvalue weighted by molar-refractivity contribution is -0.143. The van der Waals surface area contributed by atoms with Gasteiger partial charge >= 0.3 is 5.97 Å². The van der Waals surface area contributed by atoms with Crippen LogP contribution in [0.5, 0.6) is 0 Å². The van der Waals surface area contributed by atoms with E-state index in [1.165, 1.54) is 0 Å². The molecule has 1 aromatic rings. The average Bonchev–Trinajstić information content (AvgIpc) is 3.69. The highest BCUT2D eigenvalue weighted by Gasteiger charge is 2.32. The van der Waals surface area contributed by atoms with Crippen molar-refractivity contribution in [1.82, 2.24) is 31.9 Å². The molecule has 0 radical (unpaired) electrons. The molecule has 1 fully saturated rings. The second-order valence-corrected chi connectivity index (χ2v) is 13.4. The molecule has 5 atom stereocenters. The Morgan fingerprint density at radius 2 is 1.55 bits per heavy atom. The van der Waals surface area contributed by atoms with Gasteiger partial charge in [0.1, 0.15) is 24.7 Å². The molecule has 1 saturated heterocycles. The lowest BCUT2D eigenvalue weighted by atomic mass is 9.97. The number of halogens is 2.